The number of nitrogen functional groups attached to an aromatic ring is 1. The van der Waals surface area contributed by atoms with Crippen LogP contribution in [0.2, 0.25) is 0 Å². The molecular weight excluding hydrogens is 460 g/mol. The van der Waals surface area contributed by atoms with Gasteiger partial charge >= 0.3 is 5.69 Å². The lowest BCUT2D eigenvalue weighted by atomic mass is 10.1. The van der Waals surface area contributed by atoms with Gasteiger partial charge in [-0.25, -0.2) is 4.79 Å². The molecule has 36 heavy (non-hydrogen) atoms. The SMILES string of the molecule is CC(C)CN(C(=O)CNc1cccc(C(=O)N(C)C)c1)c1c(N)n(Cc2ccccc2)c(=O)[nH]c1=O. The molecule has 3 aromatic rings. The Kier molecular flexibility index (Phi) is 8.31. The highest BCUT2D eigenvalue weighted by atomic mass is 16.2. The van der Waals surface area contributed by atoms with E-state index in [1.165, 1.54) is 14.4 Å². The fourth-order valence-corrected chi connectivity index (χ4v) is 3.74. The van der Waals surface area contributed by atoms with Gasteiger partial charge in [-0.15, -0.1) is 0 Å². The van der Waals surface area contributed by atoms with Crippen molar-refractivity contribution in [3.63, 3.8) is 0 Å². The van der Waals surface area contributed by atoms with Crippen LogP contribution in [-0.2, 0) is 11.3 Å². The number of benzene rings is 2. The van der Waals surface area contributed by atoms with Crippen LogP contribution in [0.15, 0.2) is 64.2 Å². The van der Waals surface area contributed by atoms with Crippen LogP contribution < -0.4 is 27.2 Å². The zero-order valence-electron chi connectivity index (χ0n) is 20.9. The van der Waals surface area contributed by atoms with E-state index in [0.29, 0.717) is 11.3 Å². The second-order valence-corrected chi connectivity index (χ2v) is 9.10. The minimum Gasteiger partial charge on any atom is -0.383 e. The number of carbonyl (C=O) groups is 2. The highest BCUT2D eigenvalue weighted by molar-refractivity contribution is 5.98. The fraction of sp³-hybridized carbons (Fsp3) is 0.308. The average Bonchev–Trinajstić information content (AvgIpc) is 2.84. The lowest BCUT2D eigenvalue weighted by molar-refractivity contribution is -0.117. The molecule has 2 aromatic carbocycles. The number of rotatable bonds is 9. The van der Waals surface area contributed by atoms with Gasteiger partial charge in [0, 0.05) is 31.9 Å². The van der Waals surface area contributed by atoms with Gasteiger partial charge in [-0.05, 0) is 29.7 Å². The van der Waals surface area contributed by atoms with E-state index in [4.69, 9.17) is 5.73 Å². The predicted octanol–water partition coefficient (Wildman–Crippen LogP) is 1.97. The lowest BCUT2D eigenvalue weighted by Crippen LogP contribution is -2.44. The van der Waals surface area contributed by atoms with E-state index < -0.39 is 17.2 Å². The maximum Gasteiger partial charge on any atom is 0.330 e. The topological polar surface area (TPSA) is 134 Å². The lowest BCUT2D eigenvalue weighted by Gasteiger charge is -2.26. The molecule has 0 unspecified atom stereocenters. The third kappa shape index (κ3) is 6.21. The summed E-state index contributed by atoms with van der Waals surface area (Å²) in [5, 5.41) is 3.02. The Morgan fingerprint density at radius 1 is 1.06 bits per heavy atom. The van der Waals surface area contributed by atoms with Crippen molar-refractivity contribution in [3.8, 4) is 0 Å². The maximum absolute atomic E-state index is 13.3. The number of H-pyrrole nitrogens is 1. The van der Waals surface area contributed by atoms with E-state index in [9.17, 15) is 19.2 Å². The molecule has 2 amide bonds. The number of carbonyl (C=O) groups excluding carboxylic acids is 2. The van der Waals surface area contributed by atoms with E-state index >= 15 is 0 Å². The predicted molar refractivity (Wildman–Crippen MR) is 141 cm³/mol. The van der Waals surface area contributed by atoms with Crippen LogP contribution in [0.3, 0.4) is 0 Å². The zero-order chi connectivity index (χ0) is 26.4. The summed E-state index contributed by atoms with van der Waals surface area (Å²) in [5.41, 5.74) is 6.75. The molecule has 0 bridgehead atoms. The minimum atomic E-state index is -0.727. The molecule has 0 aliphatic rings. The first kappa shape index (κ1) is 26.3. The Balaban J connectivity index is 1.91. The van der Waals surface area contributed by atoms with E-state index in [0.717, 1.165) is 5.56 Å². The molecule has 190 valence electrons. The first-order valence-electron chi connectivity index (χ1n) is 11.6. The number of nitrogens with two attached hydrogens (primary N) is 1. The van der Waals surface area contributed by atoms with Gasteiger partial charge in [0.15, 0.2) is 5.69 Å². The van der Waals surface area contributed by atoms with Crippen molar-refractivity contribution >= 4 is 29.0 Å². The summed E-state index contributed by atoms with van der Waals surface area (Å²) in [7, 11) is 3.32. The molecule has 0 saturated heterocycles. The summed E-state index contributed by atoms with van der Waals surface area (Å²) < 4.78 is 1.25. The number of amides is 2. The van der Waals surface area contributed by atoms with Crippen LogP contribution in [-0.4, -0.2) is 53.5 Å². The third-order valence-electron chi connectivity index (χ3n) is 5.48. The largest absolute Gasteiger partial charge is 0.383 e. The molecule has 0 fully saturated rings. The smallest absolute Gasteiger partial charge is 0.330 e. The average molecular weight is 493 g/mol. The highest BCUT2D eigenvalue weighted by Crippen LogP contribution is 2.20. The van der Waals surface area contributed by atoms with Crippen molar-refractivity contribution in [2.45, 2.75) is 20.4 Å². The van der Waals surface area contributed by atoms with Gasteiger partial charge in [0.05, 0.1) is 13.1 Å². The van der Waals surface area contributed by atoms with Crippen LogP contribution >= 0.6 is 0 Å². The summed E-state index contributed by atoms with van der Waals surface area (Å²) in [5.74, 6) is -0.634. The second kappa shape index (κ2) is 11.4. The molecule has 0 spiro atoms. The van der Waals surface area contributed by atoms with Gasteiger partial charge in [-0.3, -0.25) is 23.9 Å². The quantitative estimate of drug-likeness (QED) is 0.418. The molecule has 4 N–H and O–H groups in total. The summed E-state index contributed by atoms with van der Waals surface area (Å²) in [6.45, 7) is 4.03. The van der Waals surface area contributed by atoms with Crippen molar-refractivity contribution in [2.75, 3.05) is 43.1 Å². The molecular formula is C26H32N6O4. The number of aromatic amines is 1. The summed E-state index contributed by atoms with van der Waals surface area (Å²) in [4.78, 5) is 56.1. The molecule has 0 aliphatic heterocycles. The Morgan fingerprint density at radius 2 is 1.75 bits per heavy atom. The van der Waals surface area contributed by atoms with E-state index in [1.54, 1.807) is 38.4 Å². The number of nitrogens with zero attached hydrogens (tertiary/aromatic N) is 3. The van der Waals surface area contributed by atoms with E-state index in [1.807, 2.05) is 44.2 Å². The molecule has 0 atom stereocenters. The van der Waals surface area contributed by atoms with Crippen LogP contribution in [0, 0.1) is 5.92 Å². The summed E-state index contributed by atoms with van der Waals surface area (Å²) in [6.07, 6.45) is 0. The molecule has 10 nitrogen and oxygen atoms in total. The van der Waals surface area contributed by atoms with Crippen molar-refractivity contribution in [1.82, 2.24) is 14.5 Å². The molecule has 10 heteroatoms. The van der Waals surface area contributed by atoms with Gasteiger partial charge < -0.3 is 20.9 Å². The van der Waals surface area contributed by atoms with Crippen molar-refractivity contribution in [2.24, 2.45) is 5.92 Å². The fourth-order valence-electron chi connectivity index (χ4n) is 3.74. The monoisotopic (exact) mass is 492 g/mol. The van der Waals surface area contributed by atoms with Crippen LogP contribution in [0.5, 0.6) is 0 Å². The number of anilines is 3. The standard InChI is InChI=1S/C26H32N6O4/c1-17(2)15-31(21(33)14-28-20-12-8-11-19(13-20)25(35)30(3)4)22-23(27)32(26(36)29-24(22)34)16-18-9-6-5-7-10-18/h5-13,17,28H,14-16,27H2,1-4H3,(H,29,34,36). The Bertz CT molecular complexity index is 1340. The van der Waals surface area contributed by atoms with Crippen molar-refractivity contribution < 1.29 is 9.59 Å². The Morgan fingerprint density at radius 3 is 2.39 bits per heavy atom. The highest BCUT2D eigenvalue weighted by Gasteiger charge is 2.25. The van der Waals surface area contributed by atoms with Crippen LogP contribution in [0.25, 0.3) is 0 Å². The van der Waals surface area contributed by atoms with Crippen molar-refractivity contribution in [1.29, 1.82) is 0 Å². The summed E-state index contributed by atoms with van der Waals surface area (Å²) in [6, 6.07) is 16.0. The van der Waals surface area contributed by atoms with Gasteiger partial charge in [0.1, 0.15) is 5.82 Å². The number of aromatic nitrogens is 2. The van der Waals surface area contributed by atoms with Crippen molar-refractivity contribution in [3.05, 3.63) is 86.6 Å². The zero-order valence-corrected chi connectivity index (χ0v) is 20.9. The molecule has 0 saturated carbocycles. The first-order chi connectivity index (χ1) is 17.1. The summed E-state index contributed by atoms with van der Waals surface area (Å²) >= 11 is 0. The molecule has 1 aromatic heterocycles. The van der Waals surface area contributed by atoms with Gasteiger partial charge in [-0.1, -0.05) is 50.2 Å². The molecule has 0 radical (unpaired) electrons. The Labute approximate surface area is 209 Å². The number of nitrogens with one attached hydrogen (secondary N) is 2. The molecule has 0 aliphatic carbocycles. The van der Waals surface area contributed by atoms with Crippen LogP contribution in [0.4, 0.5) is 17.2 Å². The maximum atomic E-state index is 13.3. The Hall–Kier alpha value is -4.34. The minimum absolute atomic E-state index is 0.0169. The van der Waals surface area contributed by atoms with Crippen LogP contribution in [0.1, 0.15) is 29.8 Å². The molecule has 3 rings (SSSR count). The van der Waals surface area contributed by atoms with Gasteiger partial charge in [-0.2, -0.15) is 0 Å². The number of hydrogen-bond donors (Lipinski definition) is 3. The second-order valence-electron chi connectivity index (χ2n) is 9.10. The van der Waals surface area contributed by atoms with E-state index in [2.05, 4.69) is 10.3 Å². The normalized spacial score (nSPS) is 10.8. The third-order valence-corrected chi connectivity index (χ3v) is 5.48. The van der Waals surface area contributed by atoms with Gasteiger partial charge in [0.2, 0.25) is 5.91 Å². The number of hydrogen-bond acceptors (Lipinski definition) is 6. The molecule has 1 heterocycles. The van der Waals surface area contributed by atoms with E-state index in [-0.39, 0.29) is 43.0 Å². The first-order valence-corrected chi connectivity index (χ1v) is 11.6. The van der Waals surface area contributed by atoms with Gasteiger partial charge in [0.25, 0.3) is 11.5 Å².